The maximum Gasteiger partial charge on any atom is 0.220 e. The van der Waals surface area contributed by atoms with Crippen molar-refractivity contribution in [2.24, 2.45) is 11.7 Å². The summed E-state index contributed by atoms with van der Waals surface area (Å²) >= 11 is 0. The van der Waals surface area contributed by atoms with Crippen molar-refractivity contribution in [2.75, 3.05) is 13.2 Å². The second kappa shape index (κ2) is 7.67. The van der Waals surface area contributed by atoms with E-state index in [1.54, 1.807) is 0 Å². The van der Waals surface area contributed by atoms with Gasteiger partial charge in [-0.2, -0.15) is 0 Å². The first kappa shape index (κ1) is 14.5. The van der Waals surface area contributed by atoms with Gasteiger partial charge < -0.3 is 15.8 Å². The molecule has 4 heteroatoms. The van der Waals surface area contributed by atoms with Crippen molar-refractivity contribution in [3.63, 3.8) is 0 Å². The fraction of sp³-hybridized carbons (Fsp3) is 0.923. The largest absolute Gasteiger partial charge is 0.376 e. The van der Waals surface area contributed by atoms with Gasteiger partial charge >= 0.3 is 0 Å². The van der Waals surface area contributed by atoms with E-state index in [2.05, 4.69) is 5.32 Å². The molecule has 0 spiro atoms. The van der Waals surface area contributed by atoms with Gasteiger partial charge in [0.2, 0.25) is 5.91 Å². The zero-order valence-corrected chi connectivity index (χ0v) is 11.1. The van der Waals surface area contributed by atoms with Gasteiger partial charge in [0.25, 0.3) is 0 Å². The van der Waals surface area contributed by atoms with E-state index in [0.29, 0.717) is 37.6 Å². The Morgan fingerprint density at radius 1 is 1.35 bits per heavy atom. The Morgan fingerprint density at radius 3 is 2.59 bits per heavy atom. The summed E-state index contributed by atoms with van der Waals surface area (Å²) in [6.45, 7) is 5.32. The Labute approximate surface area is 104 Å². The van der Waals surface area contributed by atoms with E-state index in [9.17, 15) is 4.79 Å². The summed E-state index contributed by atoms with van der Waals surface area (Å²) in [5.41, 5.74) is 5.83. The molecule has 0 unspecified atom stereocenters. The third-order valence-electron chi connectivity index (χ3n) is 3.09. The minimum atomic E-state index is 0.120. The quantitative estimate of drug-likeness (QED) is 0.693. The van der Waals surface area contributed by atoms with Gasteiger partial charge in [-0.1, -0.05) is 13.8 Å². The Balaban J connectivity index is 1.99. The smallest absolute Gasteiger partial charge is 0.220 e. The molecule has 0 aromatic rings. The van der Waals surface area contributed by atoms with Gasteiger partial charge in [0.05, 0.1) is 12.7 Å². The monoisotopic (exact) mass is 242 g/mol. The minimum absolute atomic E-state index is 0.120. The Hall–Kier alpha value is -0.610. The van der Waals surface area contributed by atoms with E-state index >= 15 is 0 Å². The molecule has 0 bridgehead atoms. The van der Waals surface area contributed by atoms with Gasteiger partial charge in [-0.05, 0) is 31.6 Å². The predicted molar refractivity (Wildman–Crippen MR) is 68.6 cm³/mol. The van der Waals surface area contributed by atoms with E-state index in [1.165, 1.54) is 0 Å². The molecule has 1 aliphatic rings. The molecule has 0 atom stereocenters. The zero-order valence-electron chi connectivity index (χ0n) is 11.1. The molecular weight excluding hydrogens is 216 g/mol. The maximum atomic E-state index is 11.4. The number of rotatable bonds is 6. The van der Waals surface area contributed by atoms with Gasteiger partial charge in [-0.25, -0.2) is 0 Å². The lowest BCUT2D eigenvalue weighted by atomic mass is 9.94. The Bertz CT molecular complexity index is 223. The molecule has 0 heterocycles. The summed E-state index contributed by atoms with van der Waals surface area (Å²) in [5.74, 6) is 0.532. The molecule has 1 amide bonds. The van der Waals surface area contributed by atoms with Crippen LogP contribution in [0.1, 0.15) is 46.0 Å². The van der Waals surface area contributed by atoms with Crippen LogP contribution in [-0.2, 0) is 9.53 Å². The average Bonchev–Trinajstić information content (AvgIpc) is 2.26. The third kappa shape index (κ3) is 6.64. The van der Waals surface area contributed by atoms with Crippen molar-refractivity contribution >= 4 is 5.91 Å². The molecule has 1 rings (SSSR count). The first-order valence-corrected chi connectivity index (χ1v) is 6.71. The van der Waals surface area contributed by atoms with Gasteiger partial charge in [-0.15, -0.1) is 0 Å². The number of hydrogen-bond donors (Lipinski definition) is 2. The number of carbonyl (C=O) groups excluding carboxylic acids is 1. The third-order valence-corrected chi connectivity index (χ3v) is 3.09. The molecule has 17 heavy (non-hydrogen) atoms. The first-order valence-electron chi connectivity index (χ1n) is 6.71. The molecule has 0 aliphatic heterocycles. The van der Waals surface area contributed by atoms with Gasteiger partial charge in [0.15, 0.2) is 0 Å². The molecule has 1 aliphatic carbocycles. The van der Waals surface area contributed by atoms with E-state index in [4.69, 9.17) is 10.5 Å². The van der Waals surface area contributed by atoms with Crippen molar-refractivity contribution in [1.82, 2.24) is 5.32 Å². The lowest BCUT2D eigenvalue weighted by Gasteiger charge is -2.26. The van der Waals surface area contributed by atoms with Gasteiger partial charge in [-0.3, -0.25) is 4.79 Å². The lowest BCUT2D eigenvalue weighted by molar-refractivity contribution is -0.122. The van der Waals surface area contributed by atoms with Crippen molar-refractivity contribution < 1.29 is 9.53 Å². The number of ether oxygens (including phenoxy) is 1. The topological polar surface area (TPSA) is 64.3 Å². The first-order chi connectivity index (χ1) is 8.08. The average molecular weight is 242 g/mol. The second-order valence-corrected chi connectivity index (χ2v) is 5.36. The van der Waals surface area contributed by atoms with Gasteiger partial charge in [0, 0.05) is 19.0 Å². The fourth-order valence-electron chi connectivity index (χ4n) is 2.11. The van der Waals surface area contributed by atoms with Gasteiger partial charge in [0.1, 0.15) is 0 Å². The zero-order chi connectivity index (χ0) is 12.7. The van der Waals surface area contributed by atoms with Crippen LogP contribution in [0.5, 0.6) is 0 Å². The molecule has 100 valence electrons. The highest BCUT2D eigenvalue weighted by Gasteiger charge is 2.18. The fourth-order valence-corrected chi connectivity index (χ4v) is 2.11. The van der Waals surface area contributed by atoms with Crippen molar-refractivity contribution in [3.8, 4) is 0 Å². The summed E-state index contributed by atoms with van der Waals surface area (Å²) in [6.07, 6.45) is 5.17. The summed E-state index contributed by atoms with van der Waals surface area (Å²) < 4.78 is 5.72. The highest BCUT2D eigenvalue weighted by Crippen LogP contribution is 2.19. The van der Waals surface area contributed by atoms with Crippen LogP contribution in [0.4, 0.5) is 0 Å². The van der Waals surface area contributed by atoms with Crippen LogP contribution >= 0.6 is 0 Å². The van der Waals surface area contributed by atoms with E-state index in [-0.39, 0.29) is 5.91 Å². The molecule has 0 aromatic carbocycles. The van der Waals surface area contributed by atoms with E-state index in [0.717, 1.165) is 25.7 Å². The summed E-state index contributed by atoms with van der Waals surface area (Å²) in [7, 11) is 0. The maximum absolute atomic E-state index is 11.4. The van der Waals surface area contributed by atoms with Crippen LogP contribution in [0.2, 0.25) is 0 Å². The molecule has 0 aromatic heterocycles. The highest BCUT2D eigenvalue weighted by atomic mass is 16.5. The van der Waals surface area contributed by atoms with E-state index < -0.39 is 0 Å². The summed E-state index contributed by atoms with van der Waals surface area (Å²) in [4.78, 5) is 11.4. The van der Waals surface area contributed by atoms with Crippen LogP contribution in [0.25, 0.3) is 0 Å². The Kier molecular flexibility index (Phi) is 6.52. The lowest BCUT2D eigenvalue weighted by Crippen LogP contribution is -2.33. The number of hydrogen-bond acceptors (Lipinski definition) is 3. The number of amides is 1. The van der Waals surface area contributed by atoms with Crippen molar-refractivity contribution in [1.29, 1.82) is 0 Å². The number of carbonyl (C=O) groups is 1. The predicted octanol–water partition coefficient (Wildman–Crippen LogP) is 1.44. The standard InChI is InChI=1S/C13H26N2O2/c1-10(2)9-13(16)15-7-8-17-12-5-3-11(14)4-6-12/h10-12H,3-9,14H2,1-2H3,(H,15,16). The van der Waals surface area contributed by atoms with Crippen LogP contribution in [-0.4, -0.2) is 31.2 Å². The molecular formula is C13H26N2O2. The molecule has 0 saturated heterocycles. The number of nitrogens with one attached hydrogen (secondary N) is 1. The molecule has 4 nitrogen and oxygen atoms in total. The summed E-state index contributed by atoms with van der Waals surface area (Å²) in [5, 5.41) is 2.87. The van der Waals surface area contributed by atoms with Crippen molar-refractivity contribution in [2.45, 2.75) is 58.1 Å². The molecule has 3 N–H and O–H groups in total. The summed E-state index contributed by atoms with van der Waals surface area (Å²) in [6, 6.07) is 0.362. The minimum Gasteiger partial charge on any atom is -0.376 e. The molecule has 1 saturated carbocycles. The van der Waals surface area contributed by atoms with Crippen LogP contribution < -0.4 is 11.1 Å². The highest BCUT2D eigenvalue weighted by molar-refractivity contribution is 5.75. The molecule has 1 fully saturated rings. The Morgan fingerprint density at radius 2 is 2.00 bits per heavy atom. The molecule has 0 radical (unpaired) electrons. The van der Waals surface area contributed by atoms with E-state index in [1.807, 2.05) is 13.8 Å². The van der Waals surface area contributed by atoms with Crippen molar-refractivity contribution in [3.05, 3.63) is 0 Å². The van der Waals surface area contributed by atoms with Crippen LogP contribution in [0.15, 0.2) is 0 Å². The SMILES string of the molecule is CC(C)CC(=O)NCCOC1CCC(N)CC1. The van der Waals surface area contributed by atoms with Crippen LogP contribution in [0.3, 0.4) is 0 Å². The van der Waals surface area contributed by atoms with Crippen LogP contribution in [0, 0.1) is 5.92 Å². The normalized spacial score (nSPS) is 24.9. The second-order valence-electron chi connectivity index (χ2n) is 5.36. The number of nitrogens with two attached hydrogens (primary N) is 1.